The summed E-state index contributed by atoms with van der Waals surface area (Å²) in [4.78, 5) is 22.2. The van der Waals surface area contributed by atoms with E-state index in [9.17, 15) is 19.3 Å². The van der Waals surface area contributed by atoms with E-state index in [-0.39, 0.29) is 14.4 Å². The number of nitro groups is 1. The first-order chi connectivity index (χ1) is 9.38. The molecule has 0 saturated carbocycles. The number of nitrogens with zero attached hydrogens (tertiary/aromatic N) is 1. The highest BCUT2D eigenvalue weighted by atomic mass is 79.9. The first-order valence-electron chi connectivity index (χ1n) is 5.39. The van der Waals surface area contributed by atoms with Crippen molar-refractivity contribution in [3.63, 3.8) is 0 Å². The predicted octanol–water partition coefficient (Wildman–Crippen LogP) is 4.12. The smallest absolute Gasteiger partial charge is 0.321 e. The maximum absolute atomic E-state index is 13.3. The topological polar surface area (TPSA) is 72.2 Å². The number of anilines is 1. The quantitative estimate of drug-likeness (QED) is 0.662. The molecule has 5 nitrogen and oxygen atoms in total. The molecule has 0 aliphatic carbocycles. The fraction of sp³-hybridized carbons (Fsp3) is 0.0833. The molecule has 0 saturated heterocycles. The molecule has 0 aliphatic rings. The molecule has 0 radical (unpaired) electrons. The Labute approximate surface area is 125 Å². The van der Waals surface area contributed by atoms with Crippen LogP contribution in [0.1, 0.15) is 15.2 Å². The van der Waals surface area contributed by atoms with Gasteiger partial charge in [0.2, 0.25) is 0 Å². The summed E-state index contributed by atoms with van der Waals surface area (Å²) in [6.07, 6.45) is 0. The lowest BCUT2D eigenvalue weighted by molar-refractivity contribution is -0.380. The van der Waals surface area contributed by atoms with Crippen LogP contribution in [0.4, 0.5) is 15.1 Å². The van der Waals surface area contributed by atoms with Gasteiger partial charge in [-0.25, -0.2) is 4.39 Å². The van der Waals surface area contributed by atoms with Crippen molar-refractivity contribution in [1.82, 2.24) is 0 Å². The monoisotopic (exact) mass is 358 g/mol. The molecule has 2 aromatic rings. The summed E-state index contributed by atoms with van der Waals surface area (Å²) in [5.41, 5.74) is 1.00. The van der Waals surface area contributed by atoms with E-state index >= 15 is 0 Å². The standard InChI is InChI=1S/C12H8BrFN2O3S/c1-6-4-8(14)7(13)5-9(6)15-12(17)10-2-3-11(20-10)16(18)19/h2-5H,1H3,(H,15,17). The van der Waals surface area contributed by atoms with E-state index < -0.39 is 16.6 Å². The van der Waals surface area contributed by atoms with Gasteiger partial charge in [-0.2, -0.15) is 0 Å². The summed E-state index contributed by atoms with van der Waals surface area (Å²) in [5, 5.41) is 13.1. The minimum absolute atomic E-state index is 0.104. The number of thiophene rings is 1. The molecule has 8 heteroatoms. The van der Waals surface area contributed by atoms with Crippen molar-refractivity contribution in [1.29, 1.82) is 0 Å². The third kappa shape index (κ3) is 3.02. The lowest BCUT2D eigenvalue weighted by Gasteiger charge is -2.08. The number of aryl methyl sites for hydroxylation is 1. The Balaban J connectivity index is 2.23. The highest BCUT2D eigenvalue weighted by Gasteiger charge is 2.16. The van der Waals surface area contributed by atoms with Gasteiger partial charge in [0, 0.05) is 11.8 Å². The highest BCUT2D eigenvalue weighted by molar-refractivity contribution is 9.10. The summed E-state index contributed by atoms with van der Waals surface area (Å²) < 4.78 is 13.5. The minimum Gasteiger partial charge on any atom is -0.321 e. The Morgan fingerprint density at radius 2 is 2.15 bits per heavy atom. The zero-order valence-electron chi connectivity index (χ0n) is 10.1. The fourth-order valence-electron chi connectivity index (χ4n) is 1.51. The molecule has 1 amide bonds. The summed E-state index contributed by atoms with van der Waals surface area (Å²) in [7, 11) is 0. The molecule has 0 atom stereocenters. The highest BCUT2D eigenvalue weighted by Crippen LogP contribution is 2.27. The van der Waals surface area contributed by atoms with Crippen LogP contribution in [-0.4, -0.2) is 10.8 Å². The third-order valence-corrected chi connectivity index (χ3v) is 4.15. The van der Waals surface area contributed by atoms with E-state index in [1.807, 2.05) is 0 Å². The van der Waals surface area contributed by atoms with Crippen molar-refractivity contribution in [3.05, 3.63) is 55.1 Å². The van der Waals surface area contributed by atoms with Gasteiger partial charge in [0.05, 0.1) is 14.3 Å². The van der Waals surface area contributed by atoms with Crippen LogP contribution in [0, 0.1) is 22.9 Å². The molecule has 104 valence electrons. The SMILES string of the molecule is Cc1cc(F)c(Br)cc1NC(=O)c1ccc([N+](=O)[O-])s1. The van der Waals surface area contributed by atoms with Crippen molar-refractivity contribution in [2.75, 3.05) is 5.32 Å². The van der Waals surface area contributed by atoms with Crippen LogP contribution in [0.2, 0.25) is 0 Å². The number of hydrogen-bond acceptors (Lipinski definition) is 4. The summed E-state index contributed by atoms with van der Waals surface area (Å²) in [6, 6.07) is 5.39. The number of hydrogen-bond donors (Lipinski definition) is 1. The van der Waals surface area contributed by atoms with Crippen molar-refractivity contribution in [2.24, 2.45) is 0 Å². The molecule has 1 N–H and O–H groups in total. The van der Waals surface area contributed by atoms with E-state index in [2.05, 4.69) is 21.2 Å². The molecule has 1 heterocycles. The molecule has 0 fully saturated rings. The second-order valence-electron chi connectivity index (χ2n) is 3.93. The van der Waals surface area contributed by atoms with E-state index in [1.54, 1.807) is 6.92 Å². The summed E-state index contributed by atoms with van der Waals surface area (Å²) in [5.74, 6) is -0.892. The number of amides is 1. The van der Waals surface area contributed by atoms with Crippen LogP contribution >= 0.6 is 27.3 Å². The van der Waals surface area contributed by atoms with E-state index in [4.69, 9.17) is 0 Å². The number of carbonyl (C=O) groups excluding carboxylic acids is 1. The van der Waals surface area contributed by atoms with Gasteiger partial charge < -0.3 is 5.32 Å². The van der Waals surface area contributed by atoms with Crippen LogP contribution in [0.5, 0.6) is 0 Å². The van der Waals surface area contributed by atoms with Crippen molar-refractivity contribution in [3.8, 4) is 0 Å². The first-order valence-corrected chi connectivity index (χ1v) is 7.00. The lowest BCUT2D eigenvalue weighted by Crippen LogP contribution is -2.11. The maximum Gasteiger partial charge on any atom is 0.324 e. The van der Waals surface area contributed by atoms with Gasteiger partial charge >= 0.3 is 5.00 Å². The van der Waals surface area contributed by atoms with Gasteiger partial charge in [0.25, 0.3) is 5.91 Å². The average molecular weight is 359 g/mol. The Bertz CT molecular complexity index is 702. The second kappa shape index (κ2) is 5.68. The van der Waals surface area contributed by atoms with Gasteiger partial charge in [-0.1, -0.05) is 11.3 Å². The van der Waals surface area contributed by atoms with Gasteiger partial charge in [0.15, 0.2) is 0 Å². The maximum atomic E-state index is 13.3. The number of nitrogens with one attached hydrogen (secondary N) is 1. The van der Waals surface area contributed by atoms with Gasteiger partial charge in [-0.3, -0.25) is 14.9 Å². The largest absolute Gasteiger partial charge is 0.324 e. The molecule has 0 unspecified atom stereocenters. The predicted molar refractivity (Wildman–Crippen MR) is 77.8 cm³/mol. The number of benzene rings is 1. The molecule has 2 rings (SSSR count). The average Bonchev–Trinajstić information content (AvgIpc) is 2.85. The van der Waals surface area contributed by atoms with E-state index in [0.717, 1.165) is 11.3 Å². The van der Waals surface area contributed by atoms with Crippen molar-refractivity contribution >= 4 is 43.9 Å². The normalized spacial score (nSPS) is 10.3. The second-order valence-corrected chi connectivity index (χ2v) is 5.85. The molecule has 1 aromatic heterocycles. The molecular weight excluding hydrogens is 351 g/mol. The van der Waals surface area contributed by atoms with E-state index in [0.29, 0.717) is 11.3 Å². The van der Waals surface area contributed by atoms with Crippen molar-refractivity contribution < 1.29 is 14.1 Å². The Hall–Kier alpha value is -1.80. The van der Waals surface area contributed by atoms with Gasteiger partial charge in [-0.05, 0) is 46.6 Å². The molecule has 1 aromatic carbocycles. The number of carbonyl (C=O) groups is 1. The van der Waals surface area contributed by atoms with Crippen molar-refractivity contribution in [2.45, 2.75) is 6.92 Å². The van der Waals surface area contributed by atoms with Gasteiger partial charge in [-0.15, -0.1) is 0 Å². The minimum atomic E-state index is -0.554. The van der Waals surface area contributed by atoms with Gasteiger partial charge in [0.1, 0.15) is 5.82 Å². The Morgan fingerprint density at radius 3 is 2.75 bits per heavy atom. The molecule has 20 heavy (non-hydrogen) atoms. The number of halogens is 2. The van der Waals surface area contributed by atoms with Crippen LogP contribution in [0.3, 0.4) is 0 Å². The third-order valence-electron chi connectivity index (χ3n) is 2.51. The molecule has 0 aliphatic heterocycles. The summed E-state index contributed by atoms with van der Waals surface area (Å²) in [6.45, 7) is 1.65. The summed E-state index contributed by atoms with van der Waals surface area (Å²) >= 11 is 3.82. The number of rotatable bonds is 3. The van der Waals surface area contributed by atoms with Crippen LogP contribution in [0.25, 0.3) is 0 Å². The van der Waals surface area contributed by atoms with Crippen LogP contribution in [-0.2, 0) is 0 Å². The lowest BCUT2D eigenvalue weighted by atomic mass is 10.2. The molecule has 0 bridgehead atoms. The molecular formula is C12H8BrFN2O3S. The van der Waals surface area contributed by atoms with Crippen LogP contribution in [0.15, 0.2) is 28.7 Å². The zero-order chi connectivity index (χ0) is 14.9. The first kappa shape index (κ1) is 14.6. The Kier molecular flexibility index (Phi) is 4.15. The fourth-order valence-corrected chi connectivity index (χ4v) is 2.57. The molecule has 0 spiro atoms. The Morgan fingerprint density at radius 1 is 1.45 bits per heavy atom. The van der Waals surface area contributed by atoms with Crippen LogP contribution < -0.4 is 5.32 Å². The zero-order valence-corrected chi connectivity index (χ0v) is 12.5. The van der Waals surface area contributed by atoms with E-state index in [1.165, 1.54) is 24.3 Å².